The van der Waals surface area contributed by atoms with Gasteiger partial charge in [-0.1, -0.05) is 34.8 Å². The van der Waals surface area contributed by atoms with Gasteiger partial charge in [0.2, 0.25) is 0 Å². The first kappa shape index (κ1) is 15.9. The third-order valence-electron chi connectivity index (χ3n) is 2.95. The molecule has 0 aromatic heterocycles. The van der Waals surface area contributed by atoms with Gasteiger partial charge in [-0.2, -0.15) is 0 Å². The Morgan fingerprint density at radius 1 is 1.05 bits per heavy atom. The van der Waals surface area contributed by atoms with Crippen molar-refractivity contribution in [1.82, 2.24) is 0 Å². The Hall–Kier alpha value is -1.49. The highest BCUT2D eigenvalue weighted by Gasteiger charge is 2.18. The van der Waals surface area contributed by atoms with E-state index in [1.54, 1.807) is 43.3 Å². The first-order chi connectivity index (χ1) is 9.81. The van der Waals surface area contributed by atoms with Crippen LogP contribution < -0.4 is 4.90 Å². The van der Waals surface area contributed by atoms with Crippen molar-refractivity contribution >= 4 is 46.2 Å². The van der Waals surface area contributed by atoms with Gasteiger partial charge < -0.3 is 4.90 Å². The lowest BCUT2D eigenvalue weighted by molar-refractivity contribution is -0.384. The van der Waals surface area contributed by atoms with Gasteiger partial charge in [-0.15, -0.1) is 0 Å². The molecule has 7 heteroatoms. The summed E-state index contributed by atoms with van der Waals surface area (Å²) in [7, 11) is 3.47. The molecule has 0 fully saturated rings. The van der Waals surface area contributed by atoms with Crippen molar-refractivity contribution in [2.24, 2.45) is 0 Å². The lowest BCUT2D eigenvalue weighted by Crippen LogP contribution is -2.11. The number of halogens is 3. The number of nitro benzene ring substituents is 1. The van der Waals surface area contributed by atoms with Crippen LogP contribution in [-0.2, 0) is 0 Å². The van der Waals surface area contributed by atoms with Gasteiger partial charge in [-0.3, -0.25) is 10.1 Å². The van der Waals surface area contributed by atoms with Gasteiger partial charge in [-0.25, -0.2) is 0 Å². The van der Waals surface area contributed by atoms with Crippen molar-refractivity contribution in [1.29, 1.82) is 0 Å². The third kappa shape index (κ3) is 3.23. The standard InChI is InChI=1S/C14H11Cl3N2O2/c1-18(2)13-5-8(3-4-12(13)19(20)21)14-10(16)6-9(15)7-11(14)17/h3-7H,1-2H3. The predicted molar refractivity (Wildman–Crippen MR) is 87.9 cm³/mol. The molecule has 0 spiro atoms. The van der Waals surface area contributed by atoms with Gasteiger partial charge >= 0.3 is 0 Å². The summed E-state index contributed by atoms with van der Waals surface area (Å²) in [5.74, 6) is 0. The SMILES string of the molecule is CN(C)c1cc(-c2c(Cl)cc(Cl)cc2Cl)ccc1[N+](=O)[O-]. The third-order valence-corrected chi connectivity index (χ3v) is 3.76. The van der Waals surface area contributed by atoms with E-state index < -0.39 is 4.92 Å². The lowest BCUT2D eigenvalue weighted by atomic mass is 10.0. The molecular weight excluding hydrogens is 335 g/mol. The molecule has 0 atom stereocenters. The van der Waals surface area contributed by atoms with E-state index >= 15 is 0 Å². The van der Waals surface area contributed by atoms with Crippen molar-refractivity contribution in [2.75, 3.05) is 19.0 Å². The number of nitro groups is 1. The molecule has 2 rings (SSSR count). The predicted octanol–water partition coefficient (Wildman–Crippen LogP) is 5.29. The summed E-state index contributed by atoms with van der Waals surface area (Å²) in [6.07, 6.45) is 0. The quantitative estimate of drug-likeness (QED) is 0.561. The van der Waals surface area contributed by atoms with E-state index in [-0.39, 0.29) is 5.69 Å². The number of benzene rings is 2. The Kier molecular flexibility index (Phi) is 4.61. The maximum Gasteiger partial charge on any atom is 0.292 e. The average Bonchev–Trinajstić information content (AvgIpc) is 2.36. The minimum Gasteiger partial charge on any atom is -0.372 e. The molecule has 2 aromatic carbocycles. The Balaban J connectivity index is 2.67. The summed E-state index contributed by atoms with van der Waals surface area (Å²) in [5.41, 5.74) is 1.78. The number of hydrogen-bond donors (Lipinski definition) is 0. The normalized spacial score (nSPS) is 10.5. The van der Waals surface area contributed by atoms with Gasteiger partial charge in [0.15, 0.2) is 0 Å². The summed E-state index contributed by atoms with van der Waals surface area (Å²) in [4.78, 5) is 12.3. The molecule has 0 bridgehead atoms. The molecule has 0 aliphatic rings. The molecule has 0 unspecified atom stereocenters. The highest BCUT2D eigenvalue weighted by atomic mass is 35.5. The van der Waals surface area contributed by atoms with Crippen LogP contribution >= 0.6 is 34.8 Å². The number of nitrogens with zero attached hydrogens (tertiary/aromatic N) is 2. The number of rotatable bonds is 3. The monoisotopic (exact) mass is 344 g/mol. The van der Waals surface area contributed by atoms with Gasteiger partial charge in [0.1, 0.15) is 5.69 Å². The van der Waals surface area contributed by atoms with Crippen LogP contribution in [-0.4, -0.2) is 19.0 Å². The van der Waals surface area contributed by atoms with Crippen LogP contribution in [0.25, 0.3) is 11.1 Å². The van der Waals surface area contributed by atoms with E-state index in [0.717, 1.165) is 0 Å². The lowest BCUT2D eigenvalue weighted by Gasteiger charge is -2.15. The van der Waals surface area contributed by atoms with Crippen LogP contribution in [0.15, 0.2) is 30.3 Å². The minimum absolute atomic E-state index is 0.0185. The molecule has 110 valence electrons. The van der Waals surface area contributed by atoms with Crippen molar-refractivity contribution in [2.45, 2.75) is 0 Å². The topological polar surface area (TPSA) is 46.4 Å². The van der Waals surface area contributed by atoms with E-state index in [2.05, 4.69) is 0 Å². The Morgan fingerprint density at radius 2 is 1.62 bits per heavy atom. The van der Waals surface area contributed by atoms with E-state index in [4.69, 9.17) is 34.8 Å². The fraction of sp³-hybridized carbons (Fsp3) is 0.143. The first-order valence-corrected chi connectivity index (χ1v) is 7.05. The molecule has 0 N–H and O–H groups in total. The molecule has 0 saturated carbocycles. The molecular formula is C14H11Cl3N2O2. The maximum absolute atomic E-state index is 11.1. The molecule has 4 nitrogen and oxygen atoms in total. The molecule has 0 heterocycles. The van der Waals surface area contributed by atoms with Crippen molar-refractivity contribution in [3.8, 4) is 11.1 Å². The van der Waals surface area contributed by atoms with Crippen LogP contribution in [0.3, 0.4) is 0 Å². The zero-order chi connectivity index (χ0) is 15.7. The molecule has 2 aromatic rings. The molecule has 0 radical (unpaired) electrons. The highest BCUT2D eigenvalue weighted by Crippen LogP contribution is 2.40. The molecule has 0 amide bonds. The highest BCUT2D eigenvalue weighted by molar-refractivity contribution is 6.41. The van der Waals surface area contributed by atoms with Crippen molar-refractivity contribution in [3.05, 3.63) is 55.5 Å². The summed E-state index contributed by atoms with van der Waals surface area (Å²) >= 11 is 18.3. The van der Waals surface area contributed by atoms with Gasteiger partial charge in [-0.05, 0) is 29.8 Å². The average molecular weight is 346 g/mol. The summed E-state index contributed by atoms with van der Waals surface area (Å²) in [5, 5.41) is 12.3. The Morgan fingerprint density at radius 3 is 2.10 bits per heavy atom. The summed E-state index contributed by atoms with van der Waals surface area (Å²) < 4.78 is 0. The Labute approximate surface area is 137 Å². The second-order valence-electron chi connectivity index (χ2n) is 4.60. The van der Waals surface area contributed by atoms with Crippen LogP contribution in [0.2, 0.25) is 15.1 Å². The second-order valence-corrected chi connectivity index (χ2v) is 5.85. The smallest absolute Gasteiger partial charge is 0.292 e. The van der Waals surface area contributed by atoms with Gasteiger partial charge in [0.25, 0.3) is 5.69 Å². The summed E-state index contributed by atoms with van der Waals surface area (Å²) in [6.45, 7) is 0. The van der Waals surface area contributed by atoms with Gasteiger partial charge in [0.05, 0.1) is 15.0 Å². The summed E-state index contributed by atoms with van der Waals surface area (Å²) in [6, 6.07) is 7.90. The molecule has 0 aliphatic heterocycles. The first-order valence-electron chi connectivity index (χ1n) is 5.92. The number of hydrogen-bond acceptors (Lipinski definition) is 3. The van der Waals surface area contributed by atoms with E-state index in [1.165, 1.54) is 6.07 Å². The van der Waals surface area contributed by atoms with Crippen molar-refractivity contribution < 1.29 is 4.92 Å². The van der Waals surface area contributed by atoms with Crippen LogP contribution in [0, 0.1) is 10.1 Å². The molecule has 0 saturated heterocycles. The van der Waals surface area contributed by atoms with E-state index in [0.29, 0.717) is 31.9 Å². The molecule has 21 heavy (non-hydrogen) atoms. The zero-order valence-corrected chi connectivity index (χ0v) is 13.5. The second kappa shape index (κ2) is 6.10. The van der Waals surface area contributed by atoms with Crippen LogP contribution in [0.4, 0.5) is 11.4 Å². The zero-order valence-electron chi connectivity index (χ0n) is 11.2. The van der Waals surface area contributed by atoms with Crippen LogP contribution in [0.1, 0.15) is 0 Å². The maximum atomic E-state index is 11.1. The van der Waals surface area contributed by atoms with E-state index in [9.17, 15) is 10.1 Å². The van der Waals surface area contributed by atoms with Crippen LogP contribution in [0.5, 0.6) is 0 Å². The van der Waals surface area contributed by atoms with E-state index in [1.807, 2.05) is 0 Å². The minimum atomic E-state index is -0.426. The molecule has 0 aliphatic carbocycles. The fourth-order valence-electron chi connectivity index (χ4n) is 2.01. The van der Waals surface area contributed by atoms with Gasteiger partial charge in [0, 0.05) is 30.7 Å². The largest absolute Gasteiger partial charge is 0.372 e. The fourth-order valence-corrected chi connectivity index (χ4v) is 3.04. The number of anilines is 1. The Bertz CT molecular complexity index is 694. The van der Waals surface area contributed by atoms with Crippen molar-refractivity contribution in [3.63, 3.8) is 0 Å².